The van der Waals surface area contributed by atoms with E-state index in [1.807, 2.05) is 42.5 Å². The zero-order valence-corrected chi connectivity index (χ0v) is 15.6. The van der Waals surface area contributed by atoms with Gasteiger partial charge in [0.25, 0.3) is 0 Å². The molecule has 3 rings (SSSR count). The highest BCUT2D eigenvalue weighted by molar-refractivity contribution is 5.33. The zero-order chi connectivity index (χ0) is 18.2. The number of rotatable bonds is 9. The van der Waals surface area contributed by atoms with Gasteiger partial charge in [-0.3, -0.25) is 4.90 Å². The van der Waals surface area contributed by atoms with Gasteiger partial charge in [-0.05, 0) is 42.7 Å². The van der Waals surface area contributed by atoms with Crippen LogP contribution in [-0.4, -0.2) is 42.3 Å². The average Bonchev–Trinajstić information content (AvgIpc) is 3.08. The number of aliphatic hydroxyl groups is 1. The largest absolute Gasteiger partial charge is 0.457 e. The summed E-state index contributed by atoms with van der Waals surface area (Å²) in [4.78, 5) is 2.33. The van der Waals surface area contributed by atoms with Crippen LogP contribution in [0.3, 0.4) is 0 Å². The van der Waals surface area contributed by atoms with E-state index in [1.54, 1.807) is 0 Å². The van der Waals surface area contributed by atoms with Crippen molar-refractivity contribution in [3.8, 4) is 11.5 Å². The van der Waals surface area contributed by atoms with E-state index in [0.717, 1.165) is 56.9 Å². The Bertz CT molecular complexity index is 645. The molecule has 4 nitrogen and oxygen atoms in total. The summed E-state index contributed by atoms with van der Waals surface area (Å²) in [6.07, 6.45) is 3.02. The standard InChI is InChI=1S/C22H30N2O2/c1-2-6-22(23-14-16-24-15-13-19(25)17-24)18-9-11-21(12-10-18)26-20-7-4-3-5-8-20/h3-5,7-12,19,22-23,25H,2,6,13-17H2,1H3/t19-,22?/m1/s1. The van der Waals surface area contributed by atoms with Crippen LogP contribution in [0, 0.1) is 0 Å². The van der Waals surface area contributed by atoms with Crippen molar-refractivity contribution in [1.82, 2.24) is 10.2 Å². The second-order valence-electron chi connectivity index (χ2n) is 7.02. The molecule has 0 aromatic heterocycles. The molecule has 140 valence electrons. The van der Waals surface area contributed by atoms with Crippen LogP contribution >= 0.6 is 0 Å². The van der Waals surface area contributed by atoms with Crippen LogP contribution < -0.4 is 10.1 Å². The number of hydrogen-bond donors (Lipinski definition) is 2. The molecule has 2 aromatic carbocycles. The van der Waals surface area contributed by atoms with Gasteiger partial charge in [0.05, 0.1) is 6.10 Å². The lowest BCUT2D eigenvalue weighted by atomic mass is 10.0. The van der Waals surface area contributed by atoms with Gasteiger partial charge in [0, 0.05) is 32.2 Å². The minimum atomic E-state index is -0.140. The quantitative estimate of drug-likeness (QED) is 0.715. The molecule has 0 spiro atoms. The minimum absolute atomic E-state index is 0.140. The maximum atomic E-state index is 9.63. The molecule has 0 saturated carbocycles. The van der Waals surface area contributed by atoms with Crippen LogP contribution in [0.15, 0.2) is 54.6 Å². The van der Waals surface area contributed by atoms with Crippen molar-refractivity contribution in [3.63, 3.8) is 0 Å². The topological polar surface area (TPSA) is 44.7 Å². The molecule has 4 heteroatoms. The van der Waals surface area contributed by atoms with E-state index in [0.29, 0.717) is 6.04 Å². The number of para-hydroxylation sites is 1. The van der Waals surface area contributed by atoms with Crippen molar-refractivity contribution < 1.29 is 9.84 Å². The molecule has 0 bridgehead atoms. The molecule has 1 fully saturated rings. The average molecular weight is 354 g/mol. The van der Waals surface area contributed by atoms with E-state index in [1.165, 1.54) is 5.56 Å². The van der Waals surface area contributed by atoms with Crippen LogP contribution in [0.4, 0.5) is 0 Å². The number of ether oxygens (including phenoxy) is 1. The van der Waals surface area contributed by atoms with Crippen molar-refractivity contribution in [2.75, 3.05) is 26.2 Å². The Morgan fingerprint density at radius 3 is 2.50 bits per heavy atom. The zero-order valence-electron chi connectivity index (χ0n) is 15.6. The Balaban J connectivity index is 1.53. The van der Waals surface area contributed by atoms with Crippen LogP contribution in [0.2, 0.25) is 0 Å². The summed E-state index contributed by atoms with van der Waals surface area (Å²) < 4.78 is 5.88. The molecule has 0 radical (unpaired) electrons. The number of nitrogens with zero attached hydrogens (tertiary/aromatic N) is 1. The summed E-state index contributed by atoms with van der Waals surface area (Å²) in [5, 5.41) is 13.3. The van der Waals surface area contributed by atoms with Gasteiger partial charge in [-0.25, -0.2) is 0 Å². The van der Waals surface area contributed by atoms with Crippen molar-refractivity contribution in [2.24, 2.45) is 0 Å². The second-order valence-corrected chi connectivity index (χ2v) is 7.02. The van der Waals surface area contributed by atoms with Crippen molar-refractivity contribution in [3.05, 3.63) is 60.2 Å². The Morgan fingerprint density at radius 1 is 1.12 bits per heavy atom. The molecule has 1 heterocycles. The molecule has 0 aliphatic carbocycles. The number of hydrogen-bond acceptors (Lipinski definition) is 4. The highest BCUT2D eigenvalue weighted by Crippen LogP contribution is 2.25. The number of benzene rings is 2. The van der Waals surface area contributed by atoms with E-state index in [4.69, 9.17) is 4.74 Å². The van der Waals surface area contributed by atoms with Gasteiger partial charge < -0.3 is 15.2 Å². The van der Waals surface area contributed by atoms with Gasteiger partial charge in [-0.2, -0.15) is 0 Å². The van der Waals surface area contributed by atoms with Gasteiger partial charge in [0.2, 0.25) is 0 Å². The van der Waals surface area contributed by atoms with Crippen molar-refractivity contribution in [1.29, 1.82) is 0 Å². The summed E-state index contributed by atoms with van der Waals surface area (Å²) >= 11 is 0. The van der Waals surface area contributed by atoms with Gasteiger partial charge in [0.15, 0.2) is 0 Å². The van der Waals surface area contributed by atoms with Gasteiger partial charge in [0.1, 0.15) is 11.5 Å². The van der Waals surface area contributed by atoms with Gasteiger partial charge in [-0.15, -0.1) is 0 Å². The lowest BCUT2D eigenvalue weighted by molar-refractivity contribution is 0.176. The van der Waals surface area contributed by atoms with Crippen molar-refractivity contribution >= 4 is 0 Å². The molecule has 1 unspecified atom stereocenters. The molecule has 2 aromatic rings. The van der Waals surface area contributed by atoms with E-state index >= 15 is 0 Å². The molecule has 2 atom stereocenters. The summed E-state index contributed by atoms with van der Waals surface area (Å²) in [5.41, 5.74) is 1.30. The highest BCUT2D eigenvalue weighted by Gasteiger charge is 2.19. The Kier molecular flexibility index (Phi) is 7.06. The maximum Gasteiger partial charge on any atom is 0.127 e. The first-order valence-electron chi connectivity index (χ1n) is 9.71. The van der Waals surface area contributed by atoms with Crippen LogP contribution in [0.1, 0.15) is 37.8 Å². The Hall–Kier alpha value is -1.88. The van der Waals surface area contributed by atoms with E-state index in [9.17, 15) is 5.11 Å². The fourth-order valence-electron chi connectivity index (χ4n) is 3.48. The van der Waals surface area contributed by atoms with E-state index < -0.39 is 0 Å². The van der Waals surface area contributed by atoms with Crippen molar-refractivity contribution in [2.45, 2.75) is 38.3 Å². The fraction of sp³-hybridized carbons (Fsp3) is 0.455. The Morgan fingerprint density at radius 2 is 1.85 bits per heavy atom. The molecule has 0 amide bonds. The first kappa shape index (κ1) is 18.9. The summed E-state index contributed by atoms with van der Waals surface area (Å²) in [7, 11) is 0. The number of likely N-dealkylation sites (tertiary alicyclic amines) is 1. The van der Waals surface area contributed by atoms with Crippen LogP contribution in [0.25, 0.3) is 0 Å². The monoisotopic (exact) mass is 354 g/mol. The lowest BCUT2D eigenvalue weighted by Gasteiger charge is -2.21. The summed E-state index contributed by atoms with van der Waals surface area (Å²) in [6.45, 7) is 5.98. The fourth-order valence-corrected chi connectivity index (χ4v) is 3.48. The minimum Gasteiger partial charge on any atom is -0.457 e. The lowest BCUT2D eigenvalue weighted by Crippen LogP contribution is -2.33. The number of β-amino-alcohol motifs (C(OH)–C–C–N with tert-alkyl or cyclic N) is 1. The molecular formula is C22H30N2O2. The summed E-state index contributed by atoms with van der Waals surface area (Å²) in [6, 6.07) is 18.6. The first-order chi connectivity index (χ1) is 12.7. The smallest absolute Gasteiger partial charge is 0.127 e. The third kappa shape index (κ3) is 5.56. The van der Waals surface area contributed by atoms with Crippen LogP contribution in [0.5, 0.6) is 11.5 Å². The molecule has 1 aliphatic heterocycles. The third-order valence-corrected chi connectivity index (χ3v) is 4.90. The van der Waals surface area contributed by atoms with E-state index in [-0.39, 0.29) is 6.10 Å². The molecule has 26 heavy (non-hydrogen) atoms. The molecular weight excluding hydrogens is 324 g/mol. The molecule has 2 N–H and O–H groups in total. The van der Waals surface area contributed by atoms with Gasteiger partial charge >= 0.3 is 0 Å². The second kappa shape index (κ2) is 9.72. The third-order valence-electron chi connectivity index (χ3n) is 4.90. The highest BCUT2D eigenvalue weighted by atomic mass is 16.5. The number of aliphatic hydroxyl groups excluding tert-OH is 1. The summed E-state index contributed by atoms with van der Waals surface area (Å²) in [5.74, 6) is 1.72. The molecule has 1 saturated heterocycles. The molecule has 1 aliphatic rings. The van der Waals surface area contributed by atoms with Gasteiger partial charge in [-0.1, -0.05) is 43.7 Å². The predicted octanol–water partition coefficient (Wildman–Crippen LogP) is 3.98. The van der Waals surface area contributed by atoms with E-state index in [2.05, 4.69) is 29.3 Å². The maximum absolute atomic E-state index is 9.63. The Labute approximate surface area is 156 Å². The van der Waals surface area contributed by atoms with Crippen LogP contribution in [-0.2, 0) is 0 Å². The first-order valence-corrected chi connectivity index (χ1v) is 9.71. The number of nitrogens with one attached hydrogen (secondary N) is 1. The SMILES string of the molecule is CCCC(NCCN1CC[C@@H](O)C1)c1ccc(Oc2ccccc2)cc1. The predicted molar refractivity (Wildman–Crippen MR) is 106 cm³/mol. The normalized spacial score (nSPS) is 18.8.